The summed E-state index contributed by atoms with van der Waals surface area (Å²) >= 11 is 1.64. The number of aromatic nitrogens is 5. The Bertz CT molecular complexity index is 1010. The highest BCUT2D eigenvalue weighted by molar-refractivity contribution is 7.19. The van der Waals surface area contributed by atoms with Gasteiger partial charge in [-0.05, 0) is 40.2 Å². The molecule has 164 valence electrons. The van der Waals surface area contributed by atoms with Gasteiger partial charge < -0.3 is 10.2 Å². The summed E-state index contributed by atoms with van der Waals surface area (Å²) in [4.78, 5) is 21.0. The van der Waals surface area contributed by atoms with Crippen molar-refractivity contribution in [3.63, 3.8) is 0 Å². The Hall–Kier alpha value is -2.65. The molecule has 4 rings (SSSR count). The first-order valence-electron chi connectivity index (χ1n) is 10.8. The Morgan fingerprint density at radius 1 is 1.19 bits per heavy atom. The quantitative estimate of drug-likeness (QED) is 0.444. The van der Waals surface area contributed by atoms with Crippen molar-refractivity contribution < 1.29 is 0 Å². The number of hydrogen-bond acceptors (Lipinski definition) is 8. The van der Waals surface area contributed by atoms with Crippen LogP contribution in [0.25, 0.3) is 11.1 Å². The normalized spacial score (nSPS) is 19.9. The maximum absolute atomic E-state index is 4.83. The SMILES string of the molecule is CN[C@H]1CCCC[C@@H](N(C)c2nc(C)c(/N=C(\C)c3ncc(-c4cn[nH]c4)cn3)s2)C1. The van der Waals surface area contributed by atoms with Gasteiger partial charge in [0.25, 0.3) is 0 Å². The highest BCUT2D eigenvalue weighted by Gasteiger charge is 2.24. The third kappa shape index (κ3) is 4.99. The molecule has 0 amide bonds. The van der Waals surface area contributed by atoms with Crippen molar-refractivity contribution in [1.82, 2.24) is 30.5 Å². The van der Waals surface area contributed by atoms with Crippen molar-refractivity contribution in [2.75, 3.05) is 19.0 Å². The van der Waals surface area contributed by atoms with Gasteiger partial charge in [0, 0.05) is 48.8 Å². The second kappa shape index (κ2) is 9.65. The number of aromatic amines is 1. The van der Waals surface area contributed by atoms with E-state index in [4.69, 9.17) is 9.98 Å². The molecule has 1 aliphatic rings. The minimum atomic E-state index is 0.502. The molecule has 1 aliphatic carbocycles. The van der Waals surface area contributed by atoms with Crippen LogP contribution in [0.15, 0.2) is 29.8 Å². The van der Waals surface area contributed by atoms with Gasteiger partial charge in [-0.3, -0.25) is 5.10 Å². The first-order chi connectivity index (χ1) is 15.0. The van der Waals surface area contributed by atoms with Gasteiger partial charge in [-0.1, -0.05) is 24.2 Å². The molecular weight excluding hydrogens is 408 g/mol. The van der Waals surface area contributed by atoms with Gasteiger partial charge in [-0.25, -0.2) is 19.9 Å². The lowest BCUT2D eigenvalue weighted by atomic mass is 10.1. The number of nitrogens with zero attached hydrogens (tertiary/aromatic N) is 6. The van der Waals surface area contributed by atoms with E-state index < -0.39 is 0 Å². The van der Waals surface area contributed by atoms with E-state index in [0.717, 1.165) is 39.1 Å². The molecule has 0 aliphatic heterocycles. The van der Waals surface area contributed by atoms with E-state index in [2.05, 4.69) is 44.5 Å². The van der Waals surface area contributed by atoms with E-state index in [1.807, 2.05) is 20.0 Å². The molecule has 1 fully saturated rings. The van der Waals surface area contributed by atoms with Crippen LogP contribution in [0.3, 0.4) is 0 Å². The second-order valence-electron chi connectivity index (χ2n) is 8.14. The molecule has 2 atom stereocenters. The van der Waals surface area contributed by atoms with Crippen LogP contribution >= 0.6 is 11.3 Å². The van der Waals surface area contributed by atoms with Crippen LogP contribution in [-0.2, 0) is 0 Å². The van der Waals surface area contributed by atoms with Crippen LogP contribution in [0.5, 0.6) is 0 Å². The fraction of sp³-hybridized carbons (Fsp3) is 0.500. The van der Waals surface area contributed by atoms with Crippen LogP contribution in [0.1, 0.15) is 50.5 Å². The number of aliphatic imine (C=N–C) groups is 1. The van der Waals surface area contributed by atoms with Crippen LogP contribution in [0.4, 0.5) is 10.1 Å². The monoisotopic (exact) mass is 438 g/mol. The average molecular weight is 439 g/mol. The van der Waals surface area contributed by atoms with Crippen molar-refractivity contribution in [3.05, 3.63) is 36.3 Å². The zero-order chi connectivity index (χ0) is 21.8. The number of anilines is 1. The molecular formula is C22H30N8S. The topological polar surface area (TPSA) is 95.0 Å². The third-order valence-electron chi connectivity index (χ3n) is 5.99. The van der Waals surface area contributed by atoms with Crippen molar-refractivity contribution in [3.8, 4) is 11.1 Å². The van der Waals surface area contributed by atoms with Gasteiger partial charge in [0.05, 0.1) is 17.6 Å². The van der Waals surface area contributed by atoms with Crippen molar-refractivity contribution in [2.45, 2.75) is 58.0 Å². The predicted octanol–water partition coefficient (Wildman–Crippen LogP) is 4.13. The van der Waals surface area contributed by atoms with Crippen LogP contribution < -0.4 is 10.2 Å². The summed E-state index contributed by atoms with van der Waals surface area (Å²) in [7, 11) is 4.24. The summed E-state index contributed by atoms with van der Waals surface area (Å²) in [5.74, 6) is 0.621. The van der Waals surface area contributed by atoms with Gasteiger partial charge in [-0.2, -0.15) is 5.10 Å². The van der Waals surface area contributed by atoms with Crippen LogP contribution in [0.2, 0.25) is 0 Å². The predicted molar refractivity (Wildman–Crippen MR) is 126 cm³/mol. The maximum Gasteiger partial charge on any atom is 0.187 e. The molecule has 31 heavy (non-hydrogen) atoms. The molecule has 0 aromatic carbocycles. The Labute approximate surface area is 187 Å². The van der Waals surface area contributed by atoms with Gasteiger partial charge in [-0.15, -0.1) is 0 Å². The molecule has 2 N–H and O–H groups in total. The van der Waals surface area contributed by atoms with E-state index in [9.17, 15) is 0 Å². The number of hydrogen-bond donors (Lipinski definition) is 2. The maximum atomic E-state index is 4.83. The highest BCUT2D eigenvalue weighted by atomic mass is 32.1. The van der Waals surface area contributed by atoms with Crippen LogP contribution in [-0.4, -0.2) is 57.0 Å². The zero-order valence-corrected chi connectivity index (χ0v) is 19.4. The number of rotatable bonds is 6. The largest absolute Gasteiger partial charge is 0.348 e. The Morgan fingerprint density at radius 2 is 1.97 bits per heavy atom. The van der Waals surface area contributed by atoms with Gasteiger partial charge in [0.15, 0.2) is 11.0 Å². The number of H-pyrrole nitrogens is 1. The average Bonchev–Trinajstić information content (AvgIpc) is 3.38. The number of thiazole rings is 1. The summed E-state index contributed by atoms with van der Waals surface area (Å²) in [5.41, 5.74) is 3.61. The summed E-state index contributed by atoms with van der Waals surface area (Å²) in [6, 6.07) is 1.08. The molecule has 9 heteroatoms. The minimum Gasteiger partial charge on any atom is -0.348 e. The lowest BCUT2D eigenvalue weighted by molar-refractivity contribution is 0.459. The molecule has 1 saturated carbocycles. The Balaban J connectivity index is 1.50. The fourth-order valence-electron chi connectivity index (χ4n) is 4.01. The molecule has 0 saturated heterocycles. The lowest BCUT2D eigenvalue weighted by Gasteiger charge is -2.29. The molecule has 8 nitrogen and oxygen atoms in total. The number of aryl methyl sites for hydroxylation is 1. The summed E-state index contributed by atoms with van der Waals surface area (Å²) in [6.07, 6.45) is 13.4. The fourth-order valence-corrected chi connectivity index (χ4v) is 5.03. The molecule has 0 bridgehead atoms. The Kier molecular flexibility index (Phi) is 6.72. The molecule has 3 aromatic rings. The standard InChI is InChI=1S/C22H30N8S/c1-14(20-24-10-16(11-25-20)17-12-26-27-13-17)28-21-15(2)29-22(31-21)30(4)19-8-6-5-7-18(9-19)23-3/h10-13,18-19,23H,5-9H2,1-4H3,(H,26,27)/b28-14+/t18-,19+/m0/s1. The minimum absolute atomic E-state index is 0.502. The van der Waals surface area contributed by atoms with Crippen molar-refractivity contribution in [1.29, 1.82) is 0 Å². The number of nitrogens with one attached hydrogen (secondary N) is 2. The Morgan fingerprint density at radius 3 is 2.68 bits per heavy atom. The van der Waals surface area contributed by atoms with Crippen molar-refractivity contribution >= 4 is 27.2 Å². The van der Waals surface area contributed by atoms with E-state index >= 15 is 0 Å². The molecule has 3 heterocycles. The van der Waals surface area contributed by atoms with Gasteiger partial charge >= 0.3 is 0 Å². The summed E-state index contributed by atoms with van der Waals surface area (Å²) < 4.78 is 0. The smallest absolute Gasteiger partial charge is 0.187 e. The van der Waals surface area contributed by atoms with E-state index in [1.165, 1.54) is 25.7 Å². The summed E-state index contributed by atoms with van der Waals surface area (Å²) in [5, 5.41) is 12.2. The van der Waals surface area contributed by atoms with Crippen molar-refractivity contribution in [2.24, 2.45) is 4.99 Å². The van der Waals surface area contributed by atoms with Gasteiger partial charge in [0.1, 0.15) is 5.00 Å². The molecule has 0 unspecified atom stereocenters. The second-order valence-corrected chi connectivity index (χ2v) is 9.09. The third-order valence-corrected chi connectivity index (χ3v) is 7.13. The zero-order valence-electron chi connectivity index (χ0n) is 18.6. The lowest BCUT2D eigenvalue weighted by Crippen LogP contribution is -2.37. The van der Waals surface area contributed by atoms with Gasteiger partial charge in [0.2, 0.25) is 0 Å². The summed E-state index contributed by atoms with van der Waals surface area (Å²) in [6.45, 7) is 3.96. The van der Waals surface area contributed by atoms with E-state index in [0.29, 0.717) is 17.9 Å². The first-order valence-corrected chi connectivity index (χ1v) is 11.6. The van der Waals surface area contributed by atoms with Crippen LogP contribution in [0, 0.1) is 6.92 Å². The molecule has 0 radical (unpaired) electrons. The molecule has 0 spiro atoms. The van der Waals surface area contributed by atoms with E-state index in [-0.39, 0.29) is 0 Å². The van der Waals surface area contributed by atoms with E-state index in [1.54, 1.807) is 29.9 Å². The molecule has 3 aromatic heterocycles. The highest BCUT2D eigenvalue weighted by Crippen LogP contribution is 2.35. The first kappa shape index (κ1) is 21.6.